The lowest BCUT2D eigenvalue weighted by atomic mass is 10.00. The molecule has 1 aliphatic rings. The Hall–Kier alpha value is -1.34. The van der Waals surface area contributed by atoms with Crippen molar-refractivity contribution in [3.05, 3.63) is 71.6 Å². The Balaban J connectivity index is 1.99. The van der Waals surface area contributed by atoms with E-state index >= 15 is 0 Å². The summed E-state index contributed by atoms with van der Waals surface area (Å²) in [6.45, 7) is 8.53. The van der Waals surface area contributed by atoms with Crippen molar-refractivity contribution in [3.63, 3.8) is 0 Å². The molecule has 6 heteroatoms. The van der Waals surface area contributed by atoms with E-state index in [0.29, 0.717) is 4.90 Å². The van der Waals surface area contributed by atoms with E-state index in [2.05, 4.69) is 31.8 Å². The molecule has 3 rings (SSSR count). The van der Waals surface area contributed by atoms with Crippen LogP contribution in [0.1, 0.15) is 19.8 Å². The third kappa shape index (κ3) is 5.84. The van der Waals surface area contributed by atoms with Crippen LogP contribution in [-0.4, -0.2) is 28.1 Å². The highest BCUT2D eigenvalue weighted by Gasteiger charge is 2.39. The summed E-state index contributed by atoms with van der Waals surface area (Å²) in [5.41, 5.74) is 0. The second-order valence-electron chi connectivity index (χ2n) is 8.54. The third-order valence-electron chi connectivity index (χ3n) is 5.06. The zero-order chi connectivity index (χ0) is 21.1. The van der Waals surface area contributed by atoms with Crippen LogP contribution in [0.3, 0.4) is 0 Å². The molecule has 0 saturated heterocycles. The van der Waals surface area contributed by atoms with Gasteiger partial charge >= 0.3 is 0 Å². The van der Waals surface area contributed by atoms with E-state index in [9.17, 15) is 8.42 Å². The molecular weight excluding hydrogens is 416 g/mol. The Bertz CT molecular complexity index is 935. The van der Waals surface area contributed by atoms with Crippen LogP contribution in [0.15, 0.2) is 81.4 Å². The summed E-state index contributed by atoms with van der Waals surface area (Å²) >= 11 is 1.67. The lowest BCUT2D eigenvalue weighted by molar-refractivity contribution is 0.131. The molecule has 0 aromatic heterocycles. The standard InChI is InChI=1S/C23H30O3S2Si/c1-18-22(26-29(2,3)4)16-15-20(27-19-11-7-5-8-12-19)17-23(18)28(24,25)21-13-9-6-10-14-21/h5-14,17-18,22-23H,15-16H2,1-4H3/t18-,22-,23?/m1/s1. The fourth-order valence-electron chi connectivity index (χ4n) is 3.66. The fraction of sp³-hybridized carbons (Fsp3) is 0.391. The maximum Gasteiger partial charge on any atom is 0.185 e. The van der Waals surface area contributed by atoms with Gasteiger partial charge in [-0.15, -0.1) is 0 Å². The van der Waals surface area contributed by atoms with E-state index in [1.165, 1.54) is 0 Å². The van der Waals surface area contributed by atoms with Gasteiger partial charge in [-0.1, -0.05) is 61.2 Å². The average molecular weight is 447 g/mol. The lowest BCUT2D eigenvalue weighted by Gasteiger charge is -2.32. The molecule has 0 radical (unpaired) electrons. The van der Waals surface area contributed by atoms with E-state index < -0.39 is 23.4 Å². The van der Waals surface area contributed by atoms with Crippen LogP contribution in [-0.2, 0) is 14.3 Å². The molecule has 156 valence electrons. The molecule has 2 aromatic carbocycles. The first-order valence-corrected chi connectivity index (χ1v) is 15.8. The zero-order valence-electron chi connectivity index (χ0n) is 17.5. The van der Waals surface area contributed by atoms with Crippen molar-refractivity contribution >= 4 is 29.9 Å². The van der Waals surface area contributed by atoms with Crippen LogP contribution in [0.5, 0.6) is 0 Å². The summed E-state index contributed by atoms with van der Waals surface area (Å²) in [7, 11) is -5.30. The molecule has 0 heterocycles. The number of rotatable bonds is 6. The average Bonchev–Trinajstić information content (AvgIpc) is 2.82. The van der Waals surface area contributed by atoms with Gasteiger partial charge in [0.15, 0.2) is 18.2 Å². The van der Waals surface area contributed by atoms with Crippen LogP contribution < -0.4 is 0 Å². The SMILES string of the molecule is C[C@H]1C(S(=O)(=O)c2ccccc2)C=C(Sc2ccccc2)CC[C@H]1O[Si](C)(C)C. The molecule has 0 aliphatic heterocycles. The van der Waals surface area contributed by atoms with Crippen molar-refractivity contribution in [1.82, 2.24) is 0 Å². The molecule has 1 unspecified atom stereocenters. The summed E-state index contributed by atoms with van der Waals surface area (Å²) in [6.07, 6.45) is 3.60. The Morgan fingerprint density at radius 2 is 1.55 bits per heavy atom. The molecule has 3 atom stereocenters. The Morgan fingerprint density at radius 3 is 2.14 bits per heavy atom. The highest BCUT2D eigenvalue weighted by atomic mass is 32.2. The van der Waals surface area contributed by atoms with E-state index in [1.54, 1.807) is 36.0 Å². The Labute approximate surface area is 180 Å². The minimum atomic E-state index is -3.50. The molecule has 3 nitrogen and oxygen atoms in total. The Kier molecular flexibility index (Phi) is 7.09. The van der Waals surface area contributed by atoms with E-state index in [4.69, 9.17) is 4.43 Å². The summed E-state index contributed by atoms with van der Waals surface area (Å²) in [5.74, 6) is -0.110. The Morgan fingerprint density at radius 1 is 0.966 bits per heavy atom. The smallest absolute Gasteiger partial charge is 0.185 e. The van der Waals surface area contributed by atoms with Gasteiger partial charge in [0.25, 0.3) is 0 Å². The third-order valence-corrected chi connectivity index (χ3v) is 9.39. The first-order valence-electron chi connectivity index (χ1n) is 10.1. The van der Waals surface area contributed by atoms with Crippen LogP contribution in [0, 0.1) is 5.92 Å². The van der Waals surface area contributed by atoms with Crippen molar-refractivity contribution in [1.29, 1.82) is 0 Å². The number of hydrogen-bond donors (Lipinski definition) is 0. The van der Waals surface area contributed by atoms with Crippen LogP contribution in [0.4, 0.5) is 0 Å². The first kappa shape index (κ1) is 22.3. The summed E-state index contributed by atoms with van der Waals surface area (Å²) in [4.78, 5) is 2.62. The molecular formula is C23H30O3S2Si. The molecule has 0 spiro atoms. The van der Waals surface area contributed by atoms with Crippen molar-refractivity contribution in [3.8, 4) is 0 Å². The van der Waals surface area contributed by atoms with Gasteiger partial charge in [0.1, 0.15) is 0 Å². The number of allylic oxidation sites excluding steroid dienone is 1. The van der Waals surface area contributed by atoms with E-state index in [0.717, 1.165) is 22.6 Å². The maximum absolute atomic E-state index is 13.6. The van der Waals surface area contributed by atoms with Crippen molar-refractivity contribution in [2.45, 2.75) is 60.6 Å². The predicted octanol–water partition coefficient (Wildman–Crippen LogP) is 6.16. The maximum atomic E-state index is 13.6. The van der Waals surface area contributed by atoms with Gasteiger partial charge in [-0.3, -0.25) is 0 Å². The number of benzene rings is 2. The zero-order valence-corrected chi connectivity index (χ0v) is 20.2. The quantitative estimate of drug-likeness (QED) is 0.499. The number of thioether (sulfide) groups is 1. The first-order chi connectivity index (χ1) is 13.7. The predicted molar refractivity (Wildman–Crippen MR) is 124 cm³/mol. The molecule has 0 N–H and O–H groups in total. The van der Waals surface area contributed by atoms with Crippen molar-refractivity contribution in [2.24, 2.45) is 5.92 Å². The van der Waals surface area contributed by atoms with Crippen molar-refractivity contribution < 1.29 is 12.8 Å². The van der Waals surface area contributed by atoms with Crippen LogP contribution in [0.25, 0.3) is 0 Å². The minimum Gasteiger partial charge on any atom is -0.414 e. The van der Waals surface area contributed by atoms with Gasteiger partial charge < -0.3 is 4.43 Å². The van der Waals surface area contributed by atoms with Gasteiger partial charge in [0.2, 0.25) is 0 Å². The second-order valence-corrected chi connectivity index (χ2v) is 16.3. The molecule has 0 saturated carbocycles. The number of sulfone groups is 1. The van der Waals surface area contributed by atoms with E-state index in [1.807, 2.05) is 37.3 Å². The molecule has 0 amide bonds. The highest BCUT2D eigenvalue weighted by molar-refractivity contribution is 8.03. The molecule has 29 heavy (non-hydrogen) atoms. The normalized spacial score (nSPS) is 23.3. The minimum absolute atomic E-state index is 0.0599. The van der Waals surface area contributed by atoms with Gasteiger partial charge in [0.05, 0.1) is 10.1 Å². The monoisotopic (exact) mass is 446 g/mol. The molecule has 2 aromatic rings. The lowest BCUT2D eigenvalue weighted by Crippen LogP contribution is -2.40. The molecule has 1 aliphatic carbocycles. The van der Waals surface area contributed by atoms with Crippen molar-refractivity contribution in [2.75, 3.05) is 0 Å². The van der Waals surface area contributed by atoms with Gasteiger partial charge in [-0.25, -0.2) is 8.42 Å². The number of hydrogen-bond acceptors (Lipinski definition) is 4. The van der Waals surface area contributed by atoms with Crippen LogP contribution >= 0.6 is 11.8 Å². The van der Waals surface area contributed by atoms with Gasteiger partial charge in [-0.2, -0.15) is 0 Å². The highest BCUT2D eigenvalue weighted by Crippen LogP contribution is 2.39. The molecule has 0 fully saturated rings. The second kappa shape index (κ2) is 9.21. The van der Waals surface area contributed by atoms with E-state index in [-0.39, 0.29) is 12.0 Å². The largest absolute Gasteiger partial charge is 0.414 e. The fourth-order valence-corrected chi connectivity index (χ4v) is 7.95. The van der Waals surface area contributed by atoms with Crippen LogP contribution in [0.2, 0.25) is 19.6 Å². The van der Waals surface area contributed by atoms with Gasteiger partial charge in [0, 0.05) is 16.9 Å². The molecule has 0 bridgehead atoms. The summed E-state index contributed by atoms with van der Waals surface area (Å²) in [6, 6.07) is 19.0. The topological polar surface area (TPSA) is 43.4 Å². The summed E-state index contributed by atoms with van der Waals surface area (Å²) < 4.78 is 33.6. The summed E-state index contributed by atoms with van der Waals surface area (Å²) in [5, 5.41) is -0.597. The van der Waals surface area contributed by atoms with Gasteiger partial charge in [-0.05, 0) is 61.7 Å².